The first-order chi connectivity index (χ1) is 10.9. The van der Waals surface area contributed by atoms with Crippen LogP contribution in [0.5, 0.6) is 5.75 Å². The van der Waals surface area contributed by atoms with Gasteiger partial charge in [0.05, 0.1) is 17.6 Å². The maximum absolute atomic E-state index is 11.4. The summed E-state index contributed by atoms with van der Waals surface area (Å²) in [7, 11) is -4.23. The number of rotatable bonds is 9. The highest BCUT2D eigenvalue weighted by atomic mass is 32.2. The van der Waals surface area contributed by atoms with E-state index in [9.17, 15) is 13.0 Å². The molecular weight excluding hydrogens is 316 g/mol. The van der Waals surface area contributed by atoms with E-state index in [0.717, 1.165) is 25.7 Å². The van der Waals surface area contributed by atoms with Gasteiger partial charge in [-0.3, -0.25) is 4.55 Å². The molecule has 0 saturated carbocycles. The average molecular weight is 342 g/mol. The number of ether oxygens (including phenoxy) is 2. The SMILES string of the molecule is CCCC(CCC)C1OC1c1cc(S(=O)(=O)O)ccc1OCC. The Labute approximate surface area is 138 Å². The lowest BCUT2D eigenvalue weighted by Crippen LogP contribution is -2.09. The van der Waals surface area contributed by atoms with Gasteiger partial charge in [-0.1, -0.05) is 26.7 Å². The smallest absolute Gasteiger partial charge is 0.294 e. The van der Waals surface area contributed by atoms with E-state index in [-0.39, 0.29) is 17.1 Å². The minimum Gasteiger partial charge on any atom is -0.493 e. The van der Waals surface area contributed by atoms with Crippen LogP contribution in [0.3, 0.4) is 0 Å². The summed E-state index contributed by atoms with van der Waals surface area (Å²) in [6.45, 7) is 6.68. The molecule has 0 bridgehead atoms. The number of epoxide rings is 1. The van der Waals surface area contributed by atoms with Crippen molar-refractivity contribution in [3.05, 3.63) is 23.8 Å². The molecule has 2 atom stereocenters. The van der Waals surface area contributed by atoms with E-state index in [4.69, 9.17) is 9.47 Å². The second-order valence-corrected chi connectivity index (χ2v) is 7.39. The lowest BCUT2D eigenvalue weighted by molar-refractivity contribution is 0.289. The maximum atomic E-state index is 11.4. The highest BCUT2D eigenvalue weighted by Crippen LogP contribution is 2.49. The van der Waals surface area contributed by atoms with Gasteiger partial charge in [-0.2, -0.15) is 8.42 Å². The monoisotopic (exact) mass is 342 g/mol. The van der Waals surface area contributed by atoms with Gasteiger partial charge in [-0.25, -0.2) is 0 Å². The minimum absolute atomic E-state index is 0.103. The zero-order chi connectivity index (χ0) is 17.0. The quantitative estimate of drug-likeness (QED) is 0.542. The molecule has 0 aliphatic carbocycles. The van der Waals surface area contributed by atoms with Crippen LogP contribution in [-0.2, 0) is 14.9 Å². The average Bonchev–Trinajstić information content (AvgIpc) is 3.27. The van der Waals surface area contributed by atoms with Gasteiger partial charge in [-0.05, 0) is 43.9 Å². The van der Waals surface area contributed by atoms with Crippen LogP contribution in [0.25, 0.3) is 0 Å². The Hall–Kier alpha value is -1.11. The molecule has 1 aliphatic rings. The summed E-state index contributed by atoms with van der Waals surface area (Å²) in [4.78, 5) is -0.118. The third-order valence-corrected chi connectivity index (χ3v) is 5.04. The largest absolute Gasteiger partial charge is 0.493 e. The Balaban J connectivity index is 2.27. The highest BCUT2D eigenvalue weighted by molar-refractivity contribution is 7.85. The van der Waals surface area contributed by atoms with Gasteiger partial charge >= 0.3 is 0 Å². The Morgan fingerprint density at radius 1 is 1.22 bits per heavy atom. The lowest BCUT2D eigenvalue weighted by Gasteiger charge is -2.13. The van der Waals surface area contributed by atoms with Gasteiger partial charge in [0.25, 0.3) is 10.1 Å². The molecule has 5 nitrogen and oxygen atoms in total. The maximum Gasteiger partial charge on any atom is 0.294 e. The molecule has 1 saturated heterocycles. The first-order valence-corrected chi connectivity index (χ1v) is 9.76. The molecular formula is C17H26O5S. The summed E-state index contributed by atoms with van der Waals surface area (Å²) in [6.07, 6.45) is 4.34. The zero-order valence-corrected chi connectivity index (χ0v) is 14.8. The van der Waals surface area contributed by atoms with E-state index in [1.807, 2.05) is 6.92 Å². The van der Waals surface area contributed by atoms with Crippen molar-refractivity contribution in [2.24, 2.45) is 5.92 Å². The van der Waals surface area contributed by atoms with Crippen LogP contribution in [0.2, 0.25) is 0 Å². The molecule has 6 heteroatoms. The first kappa shape index (κ1) is 18.2. The second-order valence-electron chi connectivity index (χ2n) is 5.97. The fourth-order valence-electron chi connectivity index (χ4n) is 3.14. The van der Waals surface area contributed by atoms with Gasteiger partial charge in [-0.15, -0.1) is 0 Å². The molecule has 1 fully saturated rings. The first-order valence-electron chi connectivity index (χ1n) is 8.32. The standard InChI is InChI=1S/C17H26O5S/c1-4-7-12(8-5-2)16-17(22-16)14-11-13(23(18,19)20)9-10-15(14)21-6-3/h9-12,16-17H,4-8H2,1-3H3,(H,18,19,20). The molecule has 23 heavy (non-hydrogen) atoms. The Kier molecular flexibility index (Phi) is 6.06. The lowest BCUT2D eigenvalue weighted by atomic mass is 9.91. The Morgan fingerprint density at radius 3 is 2.39 bits per heavy atom. The van der Waals surface area contributed by atoms with Gasteiger partial charge in [0.1, 0.15) is 11.9 Å². The van der Waals surface area contributed by atoms with E-state index < -0.39 is 10.1 Å². The van der Waals surface area contributed by atoms with Gasteiger partial charge in [0.15, 0.2) is 0 Å². The van der Waals surface area contributed by atoms with Crippen molar-refractivity contribution in [2.45, 2.75) is 63.6 Å². The molecule has 0 spiro atoms. The van der Waals surface area contributed by atoms with Crippen LogP contribution in [-0.4, -0.2) is 25.7 Å². The van der Waals surface area contributed by atoms with E-state index in [1.54, 1.807) is 6.07 Å². The van der Waals surface area contributed by atoms with E-state index >= 15 is 0 Å². The van der Waals surface area contributed by atoms with Crippen LogP contribution in [0, 0.1) is 5.92 Å². The third-order valence-electron chi connectivity index (χ3n) is 4.19. The molecule has 2 unspecified atom stereocenters. The van der Waals surface area contributed by atoms with E-state index in [2.05, 4.69) is 13.8 Å². The fraction of sp³-hybridized carbons (Fsp3) is 0.647. The number of hydrogen-bond acceptors (Lipinski definition) is 4. The van der Waals surface area contributed by atoms with Crippen molar-refractivity contribution in [2.75, 3.05) is 6.61 Å². The van der Waals surface area contributed by atoms with Crippen molar-refractivity contribution >= 4 is 10.1 Å². The van der Waals surface area contributed by atoms with Crippen molar-refractivity contribution < 1.29 is 22.4 Å². The number of hydrogen-bond donors (Lipinski definition) is 1. The van der Waals surface area contributed by atoms with Crippen LogP contribution < -0.4 is 4.74 Å². The van der Waals surface area contributed by atoms with Crippen LogP contribution in [0.15, 0.2) is 23.1 Å². The van der Waals surface area contributed by atoms with Crippen molar-refractivity contribution in [3.63, 3.8) is 0 Å². The zero-order valence-electron chi connectivity index (χ0n) is 14.0. The highest BCUT2D eigenvalue weighted by Gasteiger charge is 2.46. The van der Waals surface area contributed by atoms with Crippen molar-refractivity contribution in [1.29, 1.82) is 0 Å². The summed E-state index contributed by atoms with van der Waals surface area (Å²) in [5, 5.41) is 0. The normalized spacial score (nSPS) is 20.7. The summed E-state index contributed by atoms with van der Waals surface area (Å²) in [5.41, 5.74) is 0.712. The number of benzene rings is 1. The minimum atomic E-state index is -4.23. The summed E-state index contributed by atoms with van der Waals surface area (Å²) in [5.74, 6) is 1.10. The third kappa shape index (κ3) is 4.46. The van der Waals surface area contributed by atoms with E-state index in [0.29, 0.717) is 23.8 Å². The summed E-state index contributed by atoms with van der Waals surface area (Å²) in [6, 6.07) is 4.42. The summed E-state index contributed by atoms with van der Waals surface area (Å²) >= 11 is 0. The molecule has 0 radical (unpaired) electrons. The van der Waals surface area contributed by atoms with Gasteiger partial charge in [0, 0.05) is 5.56 Å². The fourth-order valence-corrected chi connectivity index (χ4v) is 3.66. The van der Waals surface area contributed by atoms with Gasteiger partial charge < -0.3 is 9.47 Å². The molecule has 1 aromatic rings. The molecule has 0 aromatic heterocycles. The van der Waals surface area contributed by atoms with E-state index in [1.165, 1.54) is 12.1 Å². The van der Waals surface area contributed by atoms with Gasteiger partial charge in [0.2, 0.25) is 0 Å². The van der Waals surface area contributed by atoms with Crippen LogP contribution in [0.1, 0.15) is 58.1 Å². The molecule has 0 amide bonds. The Morgan fingerprint density at radius 2 is 1.87 bits per heavy atom. The molecule has 1 heterocycles. The topological polar surface area (TPSA) is 76.1 Å². The molecule has 130 valence electrons. The molecule has 1 aromatic carbocycles. The molecule has 1 N–H and O–H groups in total. The van der Waals surface area contributed by atoms with Crippen molar-refractivity contribution in [3.8, 4) is 5.75 Å². The molecule has 1 aliphatic heterocycles. The van der Waals surface area contributed by atoms with Crippen LogP contribution >= 0.6 is 0 Å². The predicted molar refractivity (Wildman–Crippen MR) is 88.3 cm³/mol. The Bertz CT molecular complexity index is 620. The second kappa shape index (κ2) is 7.64. The van der Waals surface area contributed by atoms with Crippen LogP contribution in [0.4, 0.5) is 0 Å². The van der Waals surface area contributed by atoms with Crippen molar-refractivity contribution in [1.82, 2.24) is 0 Å². The predicted octanol–water partition coefficient (Wildman–Crippen LogP) is 3.99. The molecule has 2 rings (SSSR count). The summed E-state index contributed by atoms with van der Waals surface area (Å²) < 4.78 is 43.5.